The van der Waals surface area contributed by atoms with Gasteiger partial charge in [-0.1, -0.05) is 133 Å². The molecule has 0 aliphatic heterocycles. The molecule has 0 N–H and O–H groups in total. The smallest absolute Gasteiger partial charge is 0.0715 e. The van der Waals surface area contributed by atoms with Gasteiger partial charge in [0.15, 0.2) is 0 Å². The lowest BCUT2D eigenvalue weighted by atomic mass is 9.98. The standard InChI is InChI=1S/C51H33N3/c1-4-14-34(15-5-1)39-30-46(35-16-6-2-7-17-35)52-47(31-39)38-25-24-37-29-41(27-26-36(37)28-38)54-49-23-13-11-21-43(49)45-32-44-42-20-10-12-22-48(42)53(50(44)33-51(45)54)40-18-8-3-9-19-40/h1-33H. The summed E-state index contributed by atoms with van der Waals surface area (Å²) in [6.07, 6.45) is 0. The fraction of sp³-hybridized carbons (Fsp3) is 0. The van der Waals surface area contributed by atoms with E-state index in [1.165, 1.54) is 59.9 Å². The summed E-state index contributed by atoms with van der Waals surface area (Å²) in [6, 6.07) is 72.0. The quantitative estimate of drug-likeness (QED) is 0.177. The molecule has 252 valence electrons. The van der Waals surface area contributed by atoms with Gasteiger partial charge in [-0.2, -0.15) is 0 Å². The van der Waals surface area contributed by atoms with E-state index in [1.807, 2.05) is 6.07 Å². The van der Waals surface area contributed by atoms with E-state index < -0.39 is 0 Å². The van der Waals surface area contributed by atoms with Crippen molar-refractivity contribution in [2.24, 2.45) is 0 Å². The van der Waals surface area contributed by atoms with Crippen LogP contribution in [0.3, 0.4) is 0 Å². The molecule has 0 spiro atoms. The van der Waals surface area contributed by atoms with Crippen LogP contribution in [0.15, 0.2) is 200 Å². The Balaban J connectivity index is 1.08. The van der Waals surface area contributed by atoms with Crippen molar-refractivity contribution in [2.45, 2.75) is 0 Å². The molecule has 11 rings (SSSR count). The summed E-state index contributed by atoms with van der Waals surface area (Å²) < 4.78 is 4.83. The minimum absolute atomic E-state index is 0.960. The summed E-state index contributed by atoms with van der Waals surface area (Å²) in [4.78, 5) is 5.20. The third kappa shape index (κ3) is 4.87. The molecule has 0 atom stereocenters. The zero-order chi connectivity index (χ0) is 35.6. The molecular formula is C51H33N3. The monoisotopic (exact) mass is 687 g/mol. The summed E-state index contributed by atoms with van der Waals surface area (Å²) in [7, 11) is 0. The van der Waals surface area contributed by atoms with Crippen LogP contribution in [0, 0.1) is 0 Å². The van der Waals surface area contributed by atoms with Crippen molar-refractivity contribution in [2.75, 3.05) is 0 Å². The van der Waals surface area contributed by atoms with Gasteiger partial charge in [0, 0.05) is 44.0 Å². The number of nitrogens with zero attached hydrogens (tertiary/aromatic N) is 3. The number of pyridine rings is 1. The van der Waals surface area contributed by atoms with E-state index in [0.717, 1.165) is 39.5 Å². The first-order valence-corrected chi connectivity index (χ1v) is 18.5. The molecule has 0 radical (unpaired) electrons. The van der Waals surface area contributed by atoms with Crippen LogP contribution in [0.5, 0.6) is 0 Å². The van der Waals surface area contributed by atoms with Gasteiger partial charge in [-0.15, -0.1) is 0 Å². The lowest BCUT2D eigenvalue weighted by Gasteiger charge is -2.13. The predicted molar refractivity (Wildman–Crippen MR) is 227 cm³/mol. The molecule has 0 aliphatic rings. The van der Waals surface area contributed by atoms with Crippen LogP contribution in [0.25, 0.3) is 99.4 Å². The number of hydrogen-bond donors (Lipinski definition) is 0. The molecule has 8 aromatic carbocycles. The van der Waals surface area contributed by atoms with Crippen LogP contribution in [0.4, 0.5) is 0 Å². The lowest BCUT2D eigenvalue weighted by Crippen LogP contribution is -1.96. The van der Waals surface area contributed by atoms with Crippen LogP contribution in [-0.4, -0.2) is 14.1 Å². The van der Waals surface area contributed by atoms with Gasteiger partial charge in [-0.3, -0.25) is 0 Å². The highest BCUT2D eigenvalue weighted by molar-refractivity contribution is 6.19. The average molecular weight is 688 g/mol. The van der Waals surface area contributed by atoms with Crippen molar-refractivity contribution in [1.82, 2.24) is 14.1 Å². The third-order valence-electron chi connectivity index (χ3n) is 10.9. The van der Waals surface area contributed by atoms with Crippen molar-refractivity contribution in [3.63, 3.8) is 0 Å². The molecule has 0 saturated heterocycles. The van der Waals surface area contributed by atoms with E-state index >= 15 is 0 Å². The zero-order valence-electron chi connectivity index (χ0n) is 29.4. The van der Waals surface area contributed by atoms with Crippen molar-refractivity contribution in [1.29, 1.82) is 0 Å². The molecule has 0 saturated carbocycles. The first-order valence-electron chi connectivity index (χ1n) is 18.5. The molecule has 3 aromatic heterocycles. The maximum absolute atomic E-state index is 5.20. The summed E-state index contributed by atoms with van der Waals surface area (Å²) in [6.45, 7) is 0. The highest BCUT2D eigenvalue weighted by Crippen LogP contribution is 2.40. The first-order chi connectivity index (χ1) is 26.8. The van der Waals surface area contributed by atoms with Crippen molar-refractivity contribution < 1.29 is 0 Å². The Morgan fingerprint density at radius 2 is 0.796 bits per heavy atom. The van der Waals surface area contributed by atoms with Crippen molar-refractivity contribution in [3.05, 3.63) is 200 Å². The number of aromatic nitrogens is 3. The first kappa shape index (κ1) is 30.4. The van der Waals surface area contributed by atoms with E-state index in [4.69, 9.17) is 4.98 Å². The van der Waals surface area contributed by atoms with Gasteiger partial charge in [0.2, 0.25) is 0 Å². The predicted octanol–water partition coefficient (Wildman–Crippen LogP) is 13.4. The van der Waals surface area contributed by atoms with Gasteiger partial charge in [0.25, 0.3) is 0 Å². The van der Waals surface area contributed by atoms with Gasteiger partial charge in [0.05, 0.1) is 33.5 Å². The Morgan fingerprint density at radius 3 is 1.46 bits per heavy atom. The van der Waals surface area contributed by atoms with Crippen molar-refractivity contribution >= 4 is 54.4 Å². The molecule has 3 heterocycles. The molecule has 3 heteroatoms. The van der Waals surface area contributed by atoms with Gasteiger partial charge in [-0.25, -0.2) is 4.98 Å². The minimum atomic E-state index is 0.960. The third-order valence-corrected chi connectivity index (χ3v) is 10.9. The fourth-order valence-electron chi connectivity index (χ4n) is 8.33. The summed E-state index contributed by atoms with van der Waals surface area (Å²) in [5.74, 6) is 0. The van der Waals surface area contributed by atoms with Crippen molar-refractivity contribution in [3.8, 4) is 45.0 Å². The Kier molecular flexibility index (Phi) is 6.86. The summed E-state index contributed by atoms with van der Waals surface area (Å²) >= 11 is 0. The molecule has 3 nitrogen and oxygen atoms in total. The average Bonchev–Trinajstić information content (AvgIpc) is 3.75. The highest BCUT2D eigenvalue weighted by Gasteiger charge is 2.19. The normalized spacial score (nSPS) is 11.7. The van der Waals surface area contributed by atoms with Gasteiger partial charge in [0.1, 0.15) is 0 Å². The second kappa shape index (κ2) is 12.2. The number of para-hydroxylation sites is 3. The molecule has 11 aromatic rings. The number of benzene rings is 8. The Bertz CT molecular complexity index is 3130. The van der Waals surface area contributed by atoms with E-state index in [1.54, 1.807) is 0 Å². The Hall–Kier alpha value is -7.23. The van der Waals surface area contributed by atoms with E-state index in [2.05, 4.69) is 203 Å². The Morgan fingerprint density at radius 1 is 0.278 bits per heavy atom. The molecule has 0 fully saturated rings. The minimum Gasteiger partial charge on any atom is -0.309 e. The van der Waals surface area contributed by atoms with Gasteiger partial charge < -0.3 is 9.13 Å². The summed E-state index contributed by atoms with van der Waals surface area (Å²) in [5.41, 5.74) is 13.6. The maximum atomic E-state index is 5.20. The van der Waals surface area contributed by atoms with Crippen LogP contribution in [0.1, 0.15) is 0 Å². The SMILES string of the molecule is c1ccc(-c2cc(-c3ccccc3)nc(-c3ccc4cc(-n5c6ccccc6c6cc7c8ccccc8n(-c8ccccc8)c7cc65)ccc4c3)c2)cc1. The van der Waals surface area contributed by atoms with Crippen LogP contribution in [-0.2, 0) is 0 Å². The second-order valence-corrected chi connectivity index (χ2v) is 14.0. The molecular weight excluding hydrogens is 655 g/mol. The van der Waals surface area contributed by atoms with Crippen LogP contribution >= 0.6 is 0 Å². The van der Waals surface area contributed by atoms with Gasteiger partial charge >= 0.3 is 0 Å². The van der Waals surface area contributed by atoms with E-state index in [-0.39, 0.29) is 0 Å². The fourth-order valence-corrected chi connectivity index (χ4v) is 8.33. The second-order valence-electron chi connectivity index (χ2n) is 14.0. The number of hydrogen-bond acceptors (Lipinski definition) is 1. The Labute approximate surface area is 312 Å². The zero-order valence-corrected chi connectivity index (χ0v) is 29.4. The molecule has 54 heavy (non-hydrogen) atoms. The molecule has 0 unspecified atom stereocenters. The van der Waals surface area contributed by atoms with E-state index in [0.29, 0.717) is 0 Å². The molecule has 0 bridgehead atoms. The maximum Gasteiger partial charge on any atom is 0.0715 e. The van der Waals surface area contributed by atoms with Crippen LogP contribution < -0.4 is 0 Å². The lowest BCUT2D eigenvalue weighted by molar-refractivity contribution is 1.17. The molecule has 0 amide bonds. The molecule has 0 aliphatic carbocycles. The van der Waals surface area contributed by atoms with Crippen LogP contribution in [0.2, 0.25) is 0 Å². The number of rotatable bonds is 5. The van der Waals surface area contributed by atoms with Gasteiger partial charge in [-0.05, 0) is 88.6 Å². The van der Waals surface area contributed by atoms with E-state index in [9.17, 15) is 0 Å². The number of fused-ring (bicyclic) bond motifs is 7. The topological polar surface area (TPSA) is 22.8 Å². The summed E-state index contributed by atoms with van der Waals surface area (Å²) in [5, 5.41) is 7.39. The largest absolute Gasteiger partial charge is 0.309 e. The highest BCUT2D eigenvalue weighted by atomic mass is 15.0.